The Morgan fingerprint density at radius 1 is 1.12 bits per heavy atom. The average molecular weight is 399 g/mol. The molecular weight excluding hydrogens is 387 g/mol. The molecule has 0 aliphatic rings. The maximum Gasteiger partial charge on any atom is 0.337 e. The summed E-state index contributed by atoms with van der Waals surface area (Å²) in [5.74, 6) is -1.29. The van der Waals surface area contributed by atoms with Crippen LogP contribution in [0.1, 0.15) is 10.4 Å². The average Bonchev–Trinajstić information content (AvgIpc) is 2.55. The molecular formula is C16H12Cl2N2O4S. The molecule has 6 nitrogen and oxygen atoms in total. The zero-order chi connectivity index (χ0) is 18.4. The van der Waals surface area contributed by atoms with Gasteiger partial charge in [0.05, 0.1) is 15.6 Å². The molecule has 0 saturated heterocycles. The number of halogens is 2. The van der Waals surface area contributed by atoms with Crippen LogP contribution < -0.4 is 15.4 Å². The lowest BCUT2D eigenvalue weighted by atomic mass is 10.2. The molecule has 0 fully saturated rings. The van der Waals surface area contributed by atoms with Crippen LogP contribution in [0.3, 0.4) is 0 Å². The fourth-order valence-corrected chi connectivity index (χ4v) is 2.42. The van der Waals surface area contributed by atoms with Crippen LogP contribution in [0.15, 0.2) is 42.5 Å². The highest BCUT2D eigenvalue weighted by molar-refractivity contribution is 7.80. The Labute approximate surface area is 158 Å². The predicted molar refractivity (Wildman–Crippen MR) is 99.7 cm³/mol. The Kier molecular flexibility index (Phi) is 6.58. The number of hydrogen-bond donors (Lipinski definition) is 3. The van der Waals surface area contributed by atoms with Gasteiger partial charge in [0.25, 0.3) is 5.91 Å². The number of carboxylic acids is 1. The van der Waals surface area contributed by atoms with E-state index < -0.39 is 11.9 Å². The summed E-state index contributed by atoms with van der Waals surface area (Å²) in [5.41, 5.74) is 0.293. The molecule has 0 bridgehead atoms. The van der Waals surface area contributed by atoms with Gasteiger partial charge in [-0.1, -0.05) is 35.3 Å². The highest BCUT2D eigenvalue weighted by Crippen LogP contribution is 2.23. The smallest absolute Gasteiger partial charge is 0.337 e. The molecule has 1 amide bonds. The van der Waals surface area contributed by atoms with Crippen molar-refractivity contribution in [2.75, 3.05) is 11.9 Å². The van der Waals surface area contributed by atoms with Crippen LogP contribution in [0.5, 0.6) is 5.75 Å². The molecule has 2 aromatic carbocycles. The molecule has 0 heterocycles. The third-order valence-electron chi connectivity index (χ3n) is 2.90. The van der Waals surface area contributed by atoms with E-state index in [4.69, 9.17) is 45.3 Å². The first kappa shape index (κ1) is 19.0. The standard InChI is InChI=1S/C16H12Cl2N2O4S/c17-11-6-5-9(7-10(11)15(22)23)19-16(25)20-14(21)8-24-13-4-2-1-3-12(13)18/h1-7H,8H2,(H,22,23)(H2,19,20,21,25). The summed E-state index contributed by atoms with van der Waals surface area (Å²) < 4.78 is 5.29. The van der Waals surface area contributed by atoms with E-state index in [0.29, 0.717) is 16.5 Å². The maximum absolute atomic E-state index is 11.8. The molecule has 0 aliphatic carbocycles. The van der Waals surface area contributed by atoms with Gasteiger partial charge in [-0.3, -0.25) is 10.1 Å². The van der Waals surface area contributed by atoms with Gasteiger partial charge in [-0.15, -0.1) is 0 Å². The third kappa shape index (κ3) is 5.60. The topological polar surface area (TPSA) is 87.7 Å². The fourth-order valence-electron chi connectivity index (χ4n) is 1.80. The van der Waals surface area contributed by atoms with Gasteiger partial charge < -0.3 is 15.2 Å². The van der Waals surface area contributed by atoms with E-state index in [1.54, 1.807) is 24.3 Å². The number of thiocarbonyl (C=S) groups is 1. The number of carbonyl (C=O) groups excluding carboxylic acids is 1. The van der Waals surface area contributed by atoms with Crippen LogP contribution >= 0.6 is 35.4 Å². The molecule has 0 unspecified atom stereocenters. The molecule has 9 heteroatoms. The molecule has 130 valence electrons. The van der Waals surface area contributed by atoms with Crippen molar-refractivity contribution < 1.29 is 19.4 Å². The van der Waals surface area contributed by atoms with Crippen LogP contribution in [0, 0.1) is 0 Å². The number of benzene rings is 2. The van der Waals surface area contributed by atoms with E-state index in [-0.39, 0.29) is 22.3 Å². The van der Waals surface area contributed by atoms with Gasteiger partial charge in [-0.25, -0.2) is 4.79 Å². The van der Waals surface area contributed by atoms with E-state index in [0.717, 1.165) is 0 Å². The number of amides is 1. The van der Waals surface area contributed by atoms with Crippen molar-refractivity contribution in [3.8, 4) is 5.75 Å². The van der Waals surface area contributed by atoms with Crippen molar-refractivity contribution in [3.63, 3.8) is 0 Å². The Morgan fingerprint density at radius 2 is 1.84 bits per heavy atom. The lowest BCUT2D eigenvalue weighted by Gasteiger charge is -2.11. The van der Waals surface area contributed by atoms with Gasteiger partial charge in [-0.05, 0) is 42.5 Å². The number of rotatable bonds is 5. The SMILES string of the molecule is O=C(COc1ccccc1Cl)NC(=S)Nc1ccc(Cl)c(C(=O)O)c1. The summed E-state index contributed by atoms with van der Waals surface area (Å²) in [6.45, 7) is -0.285. The number of nitrogens with one attached hydrogen (secondary N) is 2. The molecule has 2 aromatic rings. The Hall–Kier alpha value is -2.35. The molecule has 2 rings (SSSR count). The van der Waals surface area contributed by atoms with Gasteiger partial charge in [0.15, 0.2) is 11.7 Å². The van der Waals surface area contributed by atoms with Gasteiger partial charge >= 0.3 is 5.97 Å². The molecule has 0 spiro atoms. The number of ether oxygens (including phenoxy) is 1. The summed E-state index contributed by atoms with van der Waals surface area (Å²) >= 11 is 16.7. The molecule has 25 heavy (non-hydrogen) atoms. The second kappa shape index (κ2) is 8.66. The zero-order valence-electron chi connectivity index (χ0n) is 12.6. The summed E-state index contributed by atoms with van der Waals surface area (Å²) in [4.78, 5) is 22.9. The van der Waals surface area contributed by atoms with Crippen molar-refractivity contribution in [2.24, 2.45) is 0 Å². The number of carbonyl (C=O) groups is 2. The van der Waals surface area contributed by atoms with Gasteiger partial charge in [0.1, 0.15) is 5.75 Å². The van der Waals surface area contributed by atoms with Crippen molar-refractivity contribution in [1.29, 1.82) is 0 Å². The molecule has 0 aromatic heterocycles. The van der Waals surface area contributed by atoms with Gasteiger partial charge in [0.2, 0.25) is 0 Å². The quantitative estimate of drug-likeness (QED) is 0.667. The Morgan fingerprint density at radius 3 is 2.52 bits per heavy atom. The van der Waals surface area contributed by atoms with Crippen LogP contribution in [-0.2, 0) is 4.79 Å². The summed E-state index contributed by atoms with van der Waals surface area (Å²) in [7, 11) is 0. The van der Waals surface area contributed by atoms with Crippen LogP contribution in [-0.4, -0.2) is 28.7 Å². The number of para-hydroxylation sites is 1. The lowest BCUT2D eigenvalue weighted by molar-refractivity contribution is -0.121. The zero-order valence-corrected chi connectivity index (χ0v) is 14.9. The number of hydrogen-bond acceptors (Lipinski definition) is 4. The normalized spacial score (nSPS) is 10.0. The minimum Gasteiger partial charge on any atom is -0.482 e. The van der Waals surface area contributed by atoms with Gasteiger partial charge in [-0.2, -0.15) is 0 Å². The molecule has 0 radical (unpaired) electrons. The number of anilines is 1. The predicted octanol–water partition coefficient (Wildman–Crippen LogP) is 3.58. The van der Waals surface area contributed by atoms with E-state index in [1.165, 1.54) is 18.2 Å². The second-order valence-electron chi connectivity index (χ2n) is 4.72. The van der Waals surface area contributed by atoms with Crippen LogP contribution in [0.25, 0.3) is 0 Å². The molecule has 0 aliphatic heterocycles. The van der Waals surface area contributed by atoms with Crippen molar-refractivity contribution in [1.82, 2.24) is 5.32 Å². The van der Waals surface area contributed by atoms with E-state index in [9.17, 15) is 9.59 Å². The first-order valence-corrected chi connectivity index (χ1v) is 8.04. The highest BCUT2D eigenvalue weighted by Gasteiger charge is 2.11. The highest BCUT2D eigenvalue weighted by atomic mass is 35.5. The Balaban J connectivity index is 1.89. The van der Waals surface area contributed by atoms with Crippen LogP contribution in [0.2, 0.25) is 10.0 Å². The summed E-state index contributed by atoms with van der Waals surface area (Å²) in [6.07, 6.45) is 0. The van der Waals surface area contributed by atoms with Crippen molar-refractivity contribution in [2.45, 2.75) is 0 Å². The van der Waals surface area contributed by atoms with E-state index >= 15 is 0 Å². The van der Waals surface area contributed by atoms with Crippen LogP contribution in [0.4, 0.5) is 5.69 Å². The number of aromatic carboxylic acids is 1. The first-order valence-electron chi connectivity index (χ1n) is 6.88. The molecule has 3 N–H and O–H groups in total. The van der Waals surface area contributed by atoms with E-state index in [1.807, 2.05) is 0 Å². The summed E-state index contributed by atoms with van der Waals surface area (Å²) in [5, 5.41) is 14.6. The van der Waals surface area contributed by atoms with E-state index in [2.05, 4.69) is 10.6 Å². The summed E-state index contributed by atoms with van der Waals surface area (Å²) in [6, 6.07) is 11.0. The largest absolute Gasteiger partial charge is 0.482 e. The monoisotopic (exact) mass is 398 g/mol. The third-order valence-corrected chi connectivity index (χ3v) is 3.75. The lowest BCUT2D eigenvalue weighted by Crippen LogP contribution is -2.37. The minimum absolute atomic E-state index is 0.00794. The molecule has 0 saturated carbocycles. The van der Waals surface area contributed by atoms with Crippen molar-refractivity contribution >= 4 is 58.1 Å². The maximum atomic E-state index is 11.8. The van der Waals surface area contributed by atoms with Crippen molar-refractivity contribution in [3.05, 3.63) is 58.1 Å². The van der Waals surface area contributed by atoms with Gasteiger partial charge in [0, 0.05) is 5.69 Å². The fraction of sp³-hybridized carbons (Fsp3) is 0.0625. The molecule has 0 atom stereocenters. The number of carboxylic acid groups (broad SMARTS) is 1. The first-order chi connectivity index (χ1) is 11.9. The Bertz CT molecular complexity index is 830. The minimum atomic E-state index is -1.17. The second-order valence-corrected chi connectivity index (χ2v) is 5.94.